The van der Waals surface area contributed by atoms with Crippen LogP contribution < -0.4 is 5.32 Å². The highest BCUT2D eigenvalue weighted by molar-refractivity contribution is 8.14. The fourth-order valence-electron chi connectivity index (χ4n) is 2.46. The summed E-state index contributed by atoms with van der Waals surface area (Å²) in [7, 11) is 1.70. The molecule has 17 heavy (non-hydrogen) atoms. The highest BCUT2D eigenvalue weighted by Gasteiger charge is 2.32. The Balaban J connectivity index is 2.10. The van der Waals surface area contributed by atoms with Crippen molar-refractivity contribution in [1.29, 1.82) is 0 Å². The molecule has 5 heteroatoms. The van der Waals surface area contributed by atoms with E-state index in [1.807, 2.05) is 4.90 Å². The van der Waals surface area contributed by atoms with Crippen molar-refractivity contribution < 1.29 is 4.79 Å². The van der Waals surface area contributed by atoms with Gasteiger partial charge in [-0.3, -0.25) is 9.89 Å². The monoisotopic (exact) mass is 255 g/mol. The van der Waals surface area contributed by atoms with Gasteiger partial charge in [-0.05, 0) is 12.8 Å². The summed E-state index contributed by atoms with van der Waals surface area (Å²) in [6, 6.07) is 0.345. The van der Waals surface area contributed by atoms with E-state index in [-0.39, 0.29) is 6.03 Å². The van der Waals surface area contributed by atoms with Crippen LogP contribution in [0.25, 0.3) is 0 Å². The first-order chi connectivity index (χ1) is 8.22. The molecular formula is C12H21N3OS. The molecule has 0 radical (unpaired) electrons. The van der Waals surface area contributed by atoms with Crippen LogP contribution >= 0.6 is 11.8 Å². The number of amidine groups is 1. The van der Waals surface area contributed by atoms with Crippen LogP contribution in [0.1, 0.15) is 39.0 Å². The average Bonchev–Trinajstić information content (AvgIpc) is 2.77. The van der Waals surface area contributed by atoms with E-state index >= 15 is 0 Å². The lowest BCUT2D eigenvalue weighted by Gasteiger charge is -2.33. The number of urea groups is 1. The number of hydrogen-bond donors (Lipinski definition) is 1. The number of nitrogens with one attached hydrogen (secondary N) is 1. The van der Waals surface area contributed by atoms with Gasteiger partial charge in [0.05, 0.1) is 6.54 Å². The molecule has 0 spiro atoms. The fraction of sp³-hybridized carbons (Fsp3) is 0.833. The first kappa shape index (κ1) is 12.7. The van der Waals surface area contributed by atoms with Crippen LogP contribution in [0.15, 0.2) is 4.99 Å². The molecule has 2 aliphatic rings. The number of nitrogens with zero attached hydrogens (tertiary/aromatic N) is 2. The fourth-order valence-corrected chi connectivity index (χ4v) is 3.47. The maximum atomic E-state index is 12.0. The molecule has 0 aromatic carbocycles. The van der Waals surface area contributed by atoms with Crippen molar-refractivity contribution in [2.75, 3.05) is 13.6 Å². The van der Waals surface area contributed by atoms with Crippen molar-refractivity contribution in [2.45, 2.75) is 50.3 Å². The van der Waals surface area contributed by atoms with Gasteiger partial charge in [-0.25, -0.2) is 4.79 Å². The third kappa shape index (κ3) is 2.94. The third-order valence-electron chi connectivity index (χ3n) is 3.37. The lowest BCUT2D eigenvalue weighted by molar-refractivity contribution is 0.199. The minimum Gasteiger partial charge on any atom is -0.341 e. The first-order valence-electron chi connectivity index (χ1n) is 6.44. The number of amides is 2. The number of carbonyl (C=O) groups is 1. The Kier molecular flexibility index (Phi) is 4.31. The Morgan fingerprint density at radius 2 is 2.12 bits per heavy atom. The molecule has 0 unspecified atom stereocenters. The number of aliphatic imine (C=N–C) groups is 1. The molecule has 1 fully saturated rings. The van der Waals surface area contributed by atoms with E-state index < -0.39 is 0 Å². The standard InChI is InChI=1S/C12H21N3OS/c1-9-8-14-12(17-9)15(11(16)13-2)10-6-4-3-5-7-10/h9-10H,3-8H2,1-2H3,(H,13,16)/t9-/m0/s1. The second-order valence-corrected chi connectivity index (χ2v) is 6.17. The summed E-state index contributed by atoms with van der Waals surface area (Å²) in [4.78, 5) is 18.4. The van der Waals surface area contributed by atoms with Crippen molar-refractivity contribution >= 4 is 23.0 Å². The normalized spacial score (nSPS) is 25.5. The zero-order chi connectivity index (χ0) is 12.3. The van der Waals surface area contributed by atoms with E-state index in [0.29, 0.717) is 11.3 Å². The van der Waals surface area contributed by atoms with Crippen molar-refractivity contribution in [3.05, 3.63) is 0 Å². The summed E-state index contributed by atoms with van der Waals surface area (Å²) in [6.07, 6.45) is 5.98. The number of rotatable bonds is 1. The molecule has 0 saturated heterocycles. The highest BCUT2D eigenvalue weighted by Crippen LogP contribution is 2.29. The van der Waals surface area contributed by atoms with Gasteiger partial charge in [0.25, 0.3) is 0 Å². The van der Waals surface area contributed by atoms with Crippen molar-refractivity contribution in [1.82, 2.24) is 10.2 Å². The van der Waals surface area contributed by atoms with E-state index in [9.17, 15) is 4.79 Å². The van der Waals surface area contributed by atoms with E-state index in [1.54, 1.807) is 18.8 Å². The summed E-state index contributed by atoms with van der Waals surface area (Å²) < 4.78 is 0. The molecule has 2 amide bonds. The van der Waals surface area contributed by atoms with Crippen LogP contribution in [-0.2, 0) is 0 Å². The molecule has 1 aliphatic carbocycles. The molecule has 4 nitrogen and oxygen atoms in total. The Morgan fingerprint density at radius 1 is 1.41 bits per heavy atom. The Hall–Kier alpha value is -0.710. The predicted molar refractivity (Wildman–Crippen MR) is 72.5 cm³/mol. The van der Waals surface area contributed by atoms with E-state index in [1.165, 1.54) is 19.3 Å². The van der Waals surface area contributed by atoms with Gasteiger partial charge in [0.15, 0.2) is 5.17 Å². The third-order valence-corrected chi connectivity index (χ3v) is 4.46. The van der Waals surface area contributed by atoms with Gasteiger partial charge in [0, 0.05) is 18.3 Å². The maximum absolute atomic E-state index is 12.0. The zero-order valence-corrected chi connectivity index (χ0v) is 11.4. The van der Waals surface area contributed by atoms with E-state index in [2.05, 4.69) is 17.2 Å². The number of carbonyl (C=O) groups excluding carboxylic acids is 1. The minimum atomic E-state index is -0.00255. The molecule has 0 aromatic heterocycles. The van der Waals surface area contributed by atoms with Gasteiger partial charge in [-0.15, -0.1) is 0 Å². The van der Waals surface area contributed by atoms with Gasteiger partial charge in [-0.2, -0.15) is 0 Å². The number of thioether (sulfide) groups is 1. The largest absolute Gasteiger partial charge is 0.341 e. The number of hydrogen-bond acceptors (Lipinski definition) is 3. The first-order valence-corrected chi connectivity index (χ1v) is 7.32. The molecule has 1 aliphatic heterocycles. The van der Waals surface area contributed by atoms with Crippen molar-refractivity contribution in [2.24, 2.45) is 4.99 Å². The van der Waals surface area contributed by atoms with E-state index in [0.717, 1.165) is 24.6 Å². The SMILES string of the molecule is CNC(=O)N(C1=NC[C@H](C)S1)C1CCCCC1. The van der Waals surface area contributed by atoms with Gasteiger partial charge in [0.1, 0.15) is 0 Å². The van der Waals surface area contributed by atoms with Gasteiger partial charge < -0.3 is 5.32 Å². The minimum absolute atomic E-state index is 0.00255. The Bertz CT molecular complexity index is 313. The average molecular weight is 255 g/mol. The summed E-state index contributed by atoms with van der Waals surface area (Å²) in [6.45, 7) is 2.99. The Labute approximate surface area is 107 Å². The van der Waals surface area contributed by atoms with E-state index in [4.69, 9.17) is 0 Å². The molecule has 0 bridgehead atoms. The van der Waals surface area contributed by atoms with Crippen LogP contribution in [0.3, 0.4) is 0 Å². The van der Waals surface area contributed by atoms with Crippen LogP contribution in [0, 0.1) is 0 Å². The predicted octanol–water partition coefficient (Wildman–Crippen LogP) is 2.45. The Morgan fingerprint density at radius 3 is 2.65 bits per heavy atom. The lowest BCUT2D eigenvalue weighted by Crippen LogP contribution is -2.48. The summed E-state index contributed by atoms with van der Waals surface area (Å²) in [5, 5.41) is 4.17. The smallest absolute Gasteiger partial charge is 0.323 e. The molecule has 1 atom stereocenters. The van der Waals surface area contributed by atoms with Crippen molar-refractivity contribution in [3.8, 4) is 0 Å². The maximum Gasteiger partial charge on any atom is 0.323 e. The lowest BCUT2D eigenvalue weighted by atomic mass is 9.94. The summed E-state index contributed by atoms with van der Waals surface area (Å²) in [5.41, 5.74) is 0. The quantitative estimate of drug-likeness (QED) is 0.782. The molecule has 1 heterocycles. The summed E-state index contributed by atoms with van der Waals surface area (Å²) in [5.74, 6) is 0. The van der Waals surface area contributed by atoms with Crippen LogP contribution in [0.4, 0.5) is 4.79 Å². The van der Waals surface area contributed by atoms with Gasteiger partial charge in [0.2, 0.25) is 0 Å². The second-order valence-electron chi connectivity index (χ2n) is 4.77. The molecule has 96 valence electrons. The molecule has 0 aromatic rings. The molecule has 2 rings (SSSR count). The highest BCUT2D eigenvalue weighted by atomic mass is 32.2. The molecular weight excluding hydrogens is 234 g/mol. The van der Waals surface area contributed by atoms with Crippen LogP contribution in [0.5, 0.6) is 0 Å². The second kappa shape index (κ2) is 5.76. The van der Waals surface area contributed by atoms with Crippen molar-refractivity contribution in [3.63, 3.8) is 0 Å². The topological polar surface area (TPSA) is 44.7 Å². The molecule has 1 N–H and O–H groups in total. The zero-order valence-electron chi connectivity index (χ0n) is 10.6. The van der Waals surface area contributed by atoms with Gasteiger partial charge in [-0.1, -0.05) is 37.9 Å². The summed E-state index contributed by atoms with van der Waals surface area (Å²) >= 11 is 1.73. The van der Waals surface area contributed by atoms with Crippen LogP contribution in [-0.4, -0.2) is 41.0 Å². The molecule has 1 saturated carbocycles. The van der Waals surface area contributed by atoms with Crippen LogP contribution in [0.2, 0.25) is 0 Å². The van der Waals surface area contributed by atoms with Gasteiger partial charge >= 0.3 is 6.03 Å².